The number of methoxy groups -OCH3 is 1. The van der Waals surface area contributed by atoms with E-state index >= 15 is 0 Å². The van der Waals surface area contributed by atoms with Crippen LogP contribution in [0.15, 0.2) is 60.7 Å². The first-order valence-electron chi connectivity index (χ1n) is 7.84. The zero-order valence-electron chi connectivity index (χ0n) is 14.3. The average Bonchev–Trinajstić information content (AvgIpc) is 2.57. The first kappa shape index (κ1) is 17.6. The Bertz CT molecular complexity index is 551. The molecule has 0 aromatic heterocycles. The van der Waals surface area contributed by atoms with Gasteiger partial charge in [0.25, 0.3) is 0 Å². The van der Waals surface area contributed by atoms with Crippen LogP contribution < -0.4 is 0 Å². The van der Waals surface area contributed by atoms with Crippen molar-refractivity contribution >= 4 is 0 Å². The Balaban J connectivity index is 2.39. The monoisotopic (exact) mass is 316 g/mol. The summed E-state index contributed by atoms with van der Waals surface area (Å²) in [6, 6.07) is 19.3. The SMILES string of the molecule is COC(OCC(F)C(C)(C)C)(c1ccccc1)c1ccccc1. The molecule has 2 rings (SSSR count). The Labute approximate surface area is 138 Å². The maximum atomic E-state index is 14.4. The summed E-state index contributed by atoms with van der Waals surface area (Å²) in [6.07, 6.45) is -1.09. The van der Waals surface area contributed by atoms with E-state index in [0.29, 0.717) is 0 Å². The first-order valence-corrected chi connectivity index (χ1v) is 7.84. The number of alkyl halides is 1. The van der Waals surface area contributed by atoms with Crippen molar-refractivity contribution in [1.82, 2.24) is 0 Å². The highest BCUT2D eigenvalue weighted by molar-refractivity contribution is 5.33. The van der Waals surface area contributed by atoms with Gasteiger partial charge in [-0.3, -0.25) is 0 Å². The van der Waals surface area contributed by atoms with E-state index < -0.39 is 17.4 Å². The molecule has 0 amide bonds. The molecule has 0 aliphatic heterocycles. The normalized spacial score (nSPS) is 13.8. The molecule has 23 heavy (non-hydrogen) atoms. The Morgan fingerprint density at radius 1 is 0.870 bits per heavy atom. The number of hydrogen-bond acceptors (Lipinski definition) is 2. The smallest absolute Gasteiger partial charge is 0.222 e. The van der Waals surface area contributed by atoms with E-state index in [1.165, 1.54) is 0 Å². The number of hydrogen-bond donors (Lipinski definition) is 0. The van der Waals surface area contributed by atoms with Crippen molar-refractivity contribution < 1.29 is 13.9 Å². The molecule has 1 unspecified atom stereocenters. The van der Waals surface area contributed by atoms with Crippen LogP contribution in [-0.4, -0.2) is 19.9 Å². The highest BCUT2D eigenvalue weighted by Crippen LogP contribution is 2.36. The van der Waals surface area contributed by atoms with Crippen LogP contribution in [0.1, 0.15) is 31.9 Å². The van der Waals surface area contributed by atoms with E-state index in [2.05, 4.69) is 0 Å². The van der Waals surface area contributed by atoms with Crippen molar-refractivity contribution in [3.8, 4) is 0 Å². The van der Waals surface area contributed by atoms with Crippen molar-refractivity contribution in [2.24, 2.45) is 5.41 Å². The van der Waals surface area contributed by atoms with E-state index in [4.69, 9.17) is 9.47 Å². The molecule has 2 aromatic carbocycles. The lowest BCUT2D eigenvalue weighted by molar-refractivity contribution is -0.214. The quantitative estimate of drug-likeness (QED) is 0.703. The zero-order chi connectivity index (χ0) is 16.9. The summed E-state index contributed by atoms with van der Waals surface area (Å²) in [7, 11) is 1.59. The van der Waals surface area contributed by atoms with E-state index in [-0.39, 0.29) is 6.61 Å². The molecule has 3 heteroatoms. The molecule has 0 N–H and O–H groups in total. The van der Waals surface area contributed by atoms with Crippen molar-refractivity contribution in [2.45, 2.75) is 32.7 Å². The molecule has 0 saturated carbocycles. The number of rotatable bonds is 6. The number of benzene rings is 2. The summed E-state index contributed by atoms with van der Waals surface area (Å²) in [5.74, 6) is -1.11. The van der Waals surface area contributed by atoms with Gasteiger partial charge in [-0.2, -0.15) is 0 Å². The number of ether oxygens (including phenoxy) is 2. The topological polar surface area (TPSA) is 18.5 Å². The minimum Gasteiger partial charge on any atom is -0.346 e. The van der Waals surface area contributed by atoms with Crippen LogP contribution in [0.2, 0.25) is 0 Å². The Kier molecular flexibility index (Phi) is 5.55. The molecule has 0 spiro atoms. The first-order chi connectivity index (χ1) is 10.9. The Morgan fingerprint density at radius 3 is 1.65 bits per heavy atom. The predicted molar refractivity (Wildman–Crippen MR) is 91.0 cm³/mol. The van der Waals surface area contributed by atoms with Crippen molar-refractivity contribution in [1.29, 1.82) is 0 Å². The van der Waals surface area contributed by atoms with E-state index in [9.17, 15) is 4.39 Å². The number of halogens is 1. The highest BCUT2D eigenvalue weighted by Gasteiger charge is 2.37. The van der Waals surface area contributed by atoms with Gasteiger partial charge in [0.1, 0.15) is 6.17 Å². The molecule has 2 nitrogen and oxygen atoms in total. The van der Waals surface area contributed by atoms with Crippen LogP contribution >= 0.6 is 0 Å². The largest absolute Gasteiger partial charge is 0.346 e. The Hall–Kier alpha value is -1.71. The molecular weight excluding hydrogens is 291 g/mol. The van der Waals surface area contributed by atoms with Gasteiger partial charge in [-0.25, -0.2) is 4.39 Å². The second kappa shape index (κ2) is 7.24. The highest BCUT2D eigenvalue weighted by atomic mass is 19.1. The van der Waals surface area contributed by atoms with Crippen molar-refractivity contribution in [3.05, 3.63) is 71.8 Å². The lowest BCUT2D eigenvalue weighted by Gasteiger charge is -2.35. The fraction of sp³-hybridized carbons (Fsp3) is 0.400. The zero-order valence-corrected chi connectivity index (χ0v) is 14.3. The van der Waals surface area contributed by atoms with Crippen molar-refractivity contribution in [3.63, 3.8) is 0 Å². The van der Waals surface area contributed by atoms with Gasteiger partial charge in [0.05, 0.1) is 6.61 Å². The summed E-state index contributed by atoms with van der Waals surface area (Å²) >= 11 is 0. The summed E-state index contributed by atoms with van der Waals surface area (Å²) in [4.78, 5) is 0. The molecule has 0 fully saturated rings. The van der Waals surface area contributed by atoms with Gasteiger partial charge < -0.3 is 9.47 Å². The molecule has 0 saturated heterocycles. The maximum Gasteiger partial charge on any atom is 0.222 e. The van der Waals surface area contributed by atoms with Gasteiger partial charge in [0, 0.05) is 18.2 Å². The van der Waals surface area contributed by atoms with Gasteiger partial charge in [-0.15, -0.1) is 0 Å². The molecule has 0 aliphatic rings. The minimum absolute atomic E-state index is 0.0405. The second-order valence-corrected chi connectivity index (χ2v) is 6.70. The van der Waals surface area contributed by atoms with Gasteiger partial charge in [0.15, 0.2) is 0 Å². The summed E-state index contributed by atoms with van der Waals surface area (Å²) in [6.45, 7) is 5.54. The van der Waals surface area contributed by atoms with Crippen LogP contribution in [0.5, 0.6) is 0 Å². The summed E-state index contributed by atoms with van der Waals surface area (Å²) in [5, 5.41) is 0. The third-order valence-electron chi connectivity index (χ3n) is 3.97. The third kappa shape index (κ3) is 3.98. The fourth-order valence-electron chi connectivity index (χ4n) is 2.38. The standard InChI is InChI=1S/C20H25FO2/c1-19(2,3)18(21)15-23-20(22-4,16-11-7-5-8-12-16)17-13-9-6-10-14-17/h5-14,18H,15H2,1-4H3. The average molecular weight is 316 g/mol. The van der Waals surface area contributed by atoms with Gasteiger partial charge >= 0.3 is 0 Å². The summed E-state index contributed by atoms with van der Waals surface area (Å²) in [5.41, 5.74) is 1.21. The van der Waals surface area contributed by atoms with Gasteiger partial charge in [-0.05, 0) is 5.41 Å². The lowest BCUT2D eigenvalue weighted by atomic mass is 9.90. The lowest BCUT2D eigenvalue weighted by Crippen LogP contribution is -2.38. The maximum absolute atomic E-state index is 14.4. The van der Waals surface area contributed by atoms with Crippen molar-refractivity contribution in [2.75, 3.05) is 13.7 Å². The Morgan fingerprint density at radius 2 is 1.30 bits per heavy atom. The molecule has 0 heterocycles. The molecule has 1 atom stereocenters. The van der Waals surface area contributed by atoms with E-state index in [1.54, 1.807) is 7.11 Å². The van der Waals surface area contributed by atoms with Crippen LogP contribution in [0.4, 0.5) is 4.39 Å². The minimum atomic E-state index is -1.11. The van der Waals surface area contributed by atoms with E-state index in [0.717, 1.165) is 11.1 Å². The van der Waals surface area contributed by atoms with Gasteiger partial charge in [0.2, 0.25) is 5.79 Å². The molecule has 0 aliphatic carbocycles. The third-order valence-corrected chi connectivity index (χ3v) is 3.97. The van der Waals surface area contributed by atoms with Crippen LogP contribution in [0, 0.1) is 5.41 Å². The predicted octanol–water partition coefficient (Wildman–Crippen LogP) is 4.93. The van der Waals surface area contributed by atoms with E-state index in [1.807, 2.05) is 81.4 Å². The molecular formula is C20H25FO2. The fourth-order valence-corrected chi connectivity index (χ4v) is 2.38. The van der Waals surface area contributed by atoms with Crippen LogP contribution in [0.3, 0.4) is 0 Å². The van der Waals surface area contributed by atoms with Gasteiger partial charge in [-0.1, -0.05) is 81.4 Å². The molecule has 2 aromatic rings. The second-order valence-electron chi connectivity index (χ2n) is 6.70. The summed E-state index contributed by atoms with van der Waals surface area (Å²) < 4.78 is 26.3. The molecule has 124 valence electrons. The van der Waals surface area contributed by atoms with Crippen LogP contribution in [0.25, 0.3) is 0 Å². The molecule has 0 bridgehead atoms. The van der Waals surface area contributed by atoms with Crippen LogP contribution in [-0.2, 0) is 15.3 Å². The molecule has 0 radical (unpaired) electrons.